The highest BCUT2D eigenvalue weighted by Crippen LogP contribution is 2.52. The summed E-state index contributed by atoms with van der Waals surface area (Å²) in [5.41, 5.74) is 0.375. The van der Waals surface area contributed by atoms with Crippen LogP contribution in [0.5, 0.6) is 0 Å². The Morgan fingerprint density at radius 3 is 2.67 bits per heavy atom. The zero-order valence-electron chi connectivity index (χ0n) is 9.78. The summed E-state index contributed by atoms with van der Waals surface area (Å²) < 4.78 is 0. The zero-order chi connectivity index (χ0) is 10.9. The molecular weight excluding hydrogens is 188 g/mol. The topological polar surface area (TPSA) is 40.5 Å². The van der Waals surface area contributed by atoms with Gasteiger partial charge in [-0.05, 0) is 61.7 Å². The lowest BCUT2D eigenvalue weighted by molar-refractivity contribution is 0.0638. The molecule has 2 aliphatic rings. The molecule has 0 aromatic heterocycles. The summed E-state index contributed by atoms with van der Waals surface area (Å²) in [6.45, 7) is 3.04. The predicted octanol–water partition coefficient (Wildman–Crippen LogP) is 2.19. The monoisotopic (exact) mass is 212 g/mol. The fraction of sp³-hybridized carbons (Fsp3) is 1.00. The van der Waals surface area contributed by atoms with E-state index in [1.165, 1.54) is 32.1 Å². The first kappa shape index (κ1) is 11.4. The molecule has 88 valence electrons. The molecule has 2 heteroatoms. The molecule has 0 bridgehead atoms. The maximum atomic E-state index is 9.30. The molecule has 0 radical (unpaired) electrons. The summed E-state index contributed by atoms with van der Waals surface area (Å²) in [5, 5.41) is 18.4. The lowest BCUT2D eigenvalue weighted by Gasteiger charge is -2.41. The Kier molecular flexibility index (Phi) is 3.36. The first-order valence-corrected chi connectivity index (χ1v) is 6.40. The molecule has 2 nitrogen and oxygen atoms in total. The average Bonchev–Trinajstić information content (AvgIpc) is 2.59. The number of hydrogen-bond acceptors (Lipinski definition) is 2. The molecule has 4 unspecified atom stereocenters. The molecule has 2 saturated carbocycles. The maximum absolute atomic E-state index is 9.30. The molecule has 0 heterocycles. The smallest absolute Gasteiger partial charge is 0.0462 e. The second kappa shape index (κ2) is 4.42. The second-order valence-electron chi connectivity index (χ2n) is 5.97. The van der Waals surface area contributed by atoms with Crippen LogP contribution < -0.4 is 0 Å². The van der Waals surface area contributed by atoms with Gasteiger partial charge in [0.1, 0.15) is 0 Å². The fourth-order valence-corrected chi connectivity index (χ4v) is 3.94. The van der Waals surface area contributed by atoms with Gasteiger partial charge in [0, 0.05) is 13.2 Å². The maximum Gasteiger partial charge on any atom is 0.0462 e. The van der Waals surface area contributed by atoms with Crippen molar-refractivity contribution in [3.8, 4) is 0 Å². The van der Waals surface area contributed by atoms with E-state index in [1.54, 1.807) is 0 Å². The Morgan fingerprint density at radius 2 is 2.00 bits per heavy atom. The molecule has 4 atom stereocenters. The van der Waals surface area contributed by atoms with Crippen molar-refractivity contribution in [2.24, 2.45) is 23.2 Å². The zero-order valence-corrected chi connectivity index (χ0v) is 9.78. The normalized spacial score (nSPS) is 45.4. The van der Waals surface area contributed by atoms with Crippen molar-refractivity contribution >= 4 is 0 Å². The van der Waals surface area contributed by atoms with Gasteiger partial charge in [-0.2, -0.15) is 0 Å². The van der Waals surface area contributed by atoms with E-state index in [1.807, 2.05) is 0 Å². The van der Waals surface area contributed by atoms with Gasteiger partial charge < -0.3 is 10.2 Å². The van der Waals surface area contributed by atoms with Crippen LogP contribution >= 0.6 is 0 Å². The summed E-state index contributed by atoms with van der Waals surface area (Å²) in [4.78, 5) is 0. The Labute approximate surface area is 92.7 Å². The minimum Gasteiger partial charge on any atom is -0.396 e. The quantitative estimate of drug-likeness (QED) is 0.753. The summed E-state index contributed by atoms with van der Waals surface area (Å²) in [6.07, 6.45) is 7.27. The highest BCUT2D eigenvalue weighted by Gasteiger charge is 2.43. The lowest BCUT2D eigenvalue weighted by atomic mass is 9.65. The molecule has 2 fully saturated rings. The molecule has 0 saturated heterocycles. The molecule has 0 aromatic carbocycles. The molecule has 0 aliphatic heterocycles. The molecule has 0 aromatic rings. The van der Waals surface area contributed by atoms with Crippen LogP contribution in [-0.2, 0) is 0 Å². The Morgan fingerprint density at radius 1 is 1.20 bits per heavy atom. The van der Waals surface area contributed by atoms with Gasteiger partial charge in [-0.25, -0.2) is 0 Å². The molecular formula is C13H24O2. The van der Waals surface area contributed by atoms with Crippen LogP contribution in [0.25, 0.3) is 0 Å². The van der Waals surface area contributed by atoms with E-state index in [0.29, 0.717) is 24.5 Å². The Bertz CT molecular complexity index is 217. The van der Waals surface area contributed by atoms with Gasteiger partial charge >= 0.3 is 0 Å². The number of aliphatic hydroxyl groups excluding tert-OH is 2. The third-order valence-electron chi connectivity index (χ3n) is 4.91. The minimum atomic E-state index is 0.331. The van der Waals surface area contributed by atoms with Crippen molar-refractivity contribution < 1.29 is 10.2 Å². The van der Waals surface area contributed by atoms with Gasteiger partial charge in [0.05, 0.1) is 0 Å². The number of rotatable bonds is 3. The summed E-state index contributed by atoms with van der Waals surface area (Å²) >= 11 is 0. The van der Waals surface area contributed by atoms with E-state index in [2.05, 4.69) is 6.92 Å². The van der Waals surface area contributed by atoms with Gasteiger partial charge in [-0.1, -0.05) is 6.92 Å². The van der Waals surface area contributed by atoms with Crippen LogP contribution in [0.3, 0.4) is 0 Å². The van der Waals surface area contributed by atoms with E-state index < -0.39 is 0 Å². The third-order valence-corrected chi connectivity index (χ3v) is 4.91. The minimum absolute atomic E-state index is 0.331. The largest absolute Gasteiger partial charge is 0.396 e. The van der Waals surface area contributed by atoms with Crippen LogP contribution in [0.1, 0.15) is 45.4 Å². The van der Waals surface area contributed by atoms with E-state index in [0.717, 1.165) is 18.3 Å². The first-order valence-electron chi connectivity index (χ1n) is 6.40. The van der Waals surface area contributed by atoms with Gasteiger partial charge in [0.25, 0.3) is 0 Å². The van der Waals surface area contributed by atoms with Crippen LogP contribution in [-0.4, -0.2) is 23.4 Å². The van der Waals surface area contributed by atoms with Crippen LogP contribution in [0.2, 0.25) is 0 Å². The summed E-state index contributed by atoms with van der Waals surface area (Å²) in [7, 11) is 0. The fourth-order valence-electron chi connectivity index (χ4n) is 3.94. The predicted molar refractivity (Wildman–Crippen MR) is 60.5 cm³/mol. The Balaban J connectivity index is 1.97. The summed E-state index contributed by atoms with van der Waals surface area (Å²) in [6, 6.07) is 0. The molecule has 0 spiro atoms. The van der Waals surface area contributed by atoms with Crippen molar-refractivity contribution in [2.45, 2.75) is 45.4 Å². The molecule has 2 N–H and O–H groups in total. The van der Waals surface area contributed by atoms with Crippen molar-refractivity contribution in [1.29, 1.82) is 0 Å². The number of fused-ring (bicyclic) bond motifs is 1. The highest BCUT2D eigenvalue weighted by atomic mass is 16.3. The molecule has 2 rings (SSSR count). The van der Waals surface area contributed by atoms with E-state index in [4.69, 9.17) is 5.11 Å². The average molecular weight is 212 g/mol. The molecule has 15 heavy (non-hydrogen) atoms. The van der Waals surface area contributed by atoms with Crippen LogP contribution in [0.15, 0.2) is 0 Å². The first-order chi connectivity index (χ1) is 7.18. The number of hydrogen-bond donors (Lipinski definition) is 2. The molecule has 2 aliphatic carbocycles. The SMILES string of the molecule is CC1(CCO)CCC2C(CO)CCC2C1. The lowest BCUT2D eigenvalue weighted by Crippen LogP contribution is -2.32. The van der Waals surface area contributed by atoms with Crippen molar-refractivity contribution in [1.82, 2.24) is 0 Å². The standard InChI is InChI=1S/C13H24O2/c1-13(6-7-14)5-4-12-10(8-13)2-3-11(12)9-15/h10-12,14-15H,2-9H2,1H3. The van der Waals surface area contributed by atoms with Crippen LogP contribution in [0, 0.1) is 23.2 Å². The van der Waals surface area contributed by atoms with Gasteiger partial charge in [-0.15, -0.1) is 0 Å². The van der Waals surface area contributed by atoms with Crippen molar-refractivity contribution in [3.63, 3.8) is 0 Å². The second-order valence-corrected chi connectivity index (χ2v) is 5.97. The van der Waals surface area contributed by atoms with Crippen LogP contribution in [0.4, 0.5) is 0 Å². The Hall–Kier alpha value is -0.0800. The van der Waals surface area contributed by atoms with E-state index in [-0.39, 0.29) is 0 Å². The highest BCUT2D eigenvalue weighted by molar-refractivity contribution is 4.93. The van der Waals surface area contributed by atoms with Gasteiger partial charge in [0.15, 0.2) is 0 Å². The van der Waals surface area contributed by atoms with E-state index in [9.17, 15) is 5.11 Å². The number of aliphatic hydroxyl groups is 2. The summed E-state index contributed by atoms with van der Waals surface area (Å²) in [5.74, 6) is 2.18. The van der Waals surface area contributed by atoms with Gasteiger partial charge in [-0.3, -0.25) is 0 Å². The van der Waals surface area contributed by atoms with E-state index >= 15 is 0 Å². The third kappa shape index (κ3) is 2.21. The van der Waals surface area contributed by atoms with Crippen molar-refractivity contribution in [2.75, 3.05) is 13.2 Å². The van der Waals surface area contributed by atoms with Crippen molar-refractivity contribution in [3.05, 3.63) is 0 Å². The van der Waals surface area contributed by atoms with Gasteiger partial charge in [0.2, 0.25) is 0 Å². The molecule has 0 amide bonds.